The second kappa shape index (κ2) is 7.19. The van der Waals surface area contributed by atoms with Crippen molar-refractivity contribution in [3.05, 3.63) is 28.3 Å². The number of rotatable bonds is 5. The summed E-state index contributed by atoms with van der Waals surface area (Å²) >= 11 is 1.21. The standard InChI is InChI=1S/C19H22N2O5S/c1-19(2)8-11-16(12(22)9-19)27-18(20-11)21-17(23)10-6-13(24-3)15(26-5)14(7-10)25-4/h6-7H,8-9H2,1-5H3,(H,20,21,23). The van der Waals surface area contributed by atoms with Crippen molar-refractivity contribution in [2.24, 2.45) is 5.41 Å². The maximum Gasteiger partial charge on any atom is 0.257 e. The van der Waals surface area contributed by atoms with Gasteiger partial charge < -0.3 is 14.2 Å². The minimum Gasteiger partial charge on any atom is -0.493 e. The van der Waals surface area contributed by atoms with Crippen LogP contribution >= 0.6 is 11.3 Å². The maximum atomic E-state index is 12.7. The molecule has 27 heavy (non-hydrogen) atoms. The summed E-state index contributed by atoms with van der Waals surface area (Å²) in [4.78, 5) is 30.1. The molecule has 1 N–H and O–H groups in total. The van der Waals surface area contributed by atoms with Gasteiger partial charge in [-0.05, 0) is 24.0 Å². The Morgan fingerprint density at radius 2 is 1.74 bits per heavy atom. The van der Waals surface area contributed by atoms with Crippen molar-refractivity contribution in [3.63, 3.8) is 0 Å². The van der Waals surface area contributed by atoms with E-state index in [9.17, 15) is 9.59 Å². The van der Waals surface area contributed by atoms with Gasteiger partial charge in [0.1, 0.15) is 0 Å². The average molecular weight is 390 g/mol. The van der Waals surface area contributed by atoms with Crippen molar-refractivity contribution >= 4 is 28.2 Å². The highest BCUT2D eigenvalue weighted by molar-refractivity contribution is 7.17. The van der Waals surface area contributed by atoms with Gasteiger partial charge in [-0.2, -0.15) is 0 Å². The van der Waals surface area contributed by atoms with Crippen LogP contribution in [0.25, 0.3) is 0 Å². The third-order valence-electron chi connectivity index (χ3n) is 4.38. The Morgan fingerprint density at radius 1 is 1.11 bits per heavy atom. The molecule has 7 nitrogen and oxygen atoms in total. The Balaban J connectivity index is 1.88. The molecule has 1 heterocycles. The first-order valence-corrected chi connectivity index (χ1v) is 9.24. The molecule has 2 aromatic rings. The second-order valence-corrected chi connectivity index (χ2v) is 8.10. The molecule has 0 aliphatic heterocycles. The number of amides is 1. The first kappa shape index (κ1) is 19.2. The lowest BCUT2D eigenvalue weighted by Gasteiger charge is -2.26. The smallest absolute Gasteiger partial charge is 0.257 e. The summed E-state index contributed by atoms with van der Waals surface area (Å²) in [5, 5.41) is 3.17. The molecule has 0 fully saturated rings. The van der Waals surface area contributed by atoms with Crippen molar-refractivity contribution in [2.45, 2.75) is 26.7 Å². The van der Waals surface area contributed by atoms with E-state index in [1.807, 2.05) is 13.8 Å². The van der Waals surface area contributed by atoms with Crippen LogP contribution in [0.15, 0.2) is 12.1 Å². The van der Waals surface area contributed by atoms with E-state index in [4.69, 9.17) is 14.2 Å². The molecule has 0 saturated carbocycles. The number of ether oxygens (including phenoxy) is 3. The van der Waals surface area contributed by atoms with E-state index in [1.54, 1.807) is 12.1 Å². The number of nitrogens with zero attached hydrogens (tertiary/aromatic N) is 1. The molecule has 0 atom stereocenters. The largest absolute Gasteiger partial charge is 0.493 e. The molecule has 1 aromatic carbocycles. The first-order chi connectivity index (χ1) is 12.8. The zero-order valence-electron chi connectivity index (χ0n) is 16.0. The van der Waals surface area contributed by atoms with Crippen molar-refractivity contribution in [2.75, 3.05) is 26.6 Å². The van der Waals surface area contributed by atoms with Gasteiger partial charge in [-0.3, -0.25) is 14.9 Å². The minimum absolute atomic E-state index is 0.0760. The van der Waals surface area contributed by atoms with Crippen molar-refractivity contribution < 1.29 is 23.8 Å². The molecule has 1 aliphatic carbocycles. The second-order valence-electron chi connectivity index (χ2n) is 7.10. The Bertz CT molecular complexity index is 878. The molecule has 0 bridgehead atoms. The number of anilines is 1. The van der Waals surface area contributed by atoms with Gasteiger partial charge in [0, 0.05) is 12.0 Å². The Morgan fingerprint density at radius 3 is 2.30 bits per heavy atom. The topological polar surface area (TPSA) is 86.8 Å². The normalized spacial score (nSPS) is 15.1. The SMILES string of the molecule is COc1cc(C(=O)Nc2nc3c(s2)C(=O)CC(C)(C)C3)cc(OC)c1OC. The highest BCUT2D eigenvalue weighted by atomic mass is 32.1. The number of hydrogen-bond donors (Lipinski definition) is 1. The molecular formula is C19H22N2O5S. The Kier molecular flexibility index (Phi) is 5.10. The molecule has 1 aromatic heterocycles. The fourth-order valence-corrected chi connectivity index (χ4v) is 4.07. The van der Waals surface area contributed by atoms with Crippen molar-refractivity contribution in [3.8, 4) is 17.2 Å². The predicted molar refractivity (Wildman–Crippen MR) is 103 cm³/mol. The number of ketones is 1. The van der Waals surface area contributed by atoms with E-state index in [0.29, 0.717) is 45.7 Å². The summed E-state index contributed by atoms with van der Waals surface area (Å²) in [6, 6.07) is 3.14. The predicted octanol–water partition coefficient (Wildman–Crippen LogP) is 3.58. The van der Waals surface area contributed by atoms with Crippen molar-refractivity contribution in [1.29, 1.82) is 0 Å². The first-order valence-electron chi connectivity index (χ1n) is 8.42. The quantitative estimate of drug-likeness (QED) is 0.840. The van der Waals surface area contributed by atoms with E-state index in [2.05, 4.69) is 10.3 Å². The number of nitrogens with one attached hydrogen (secondary N) is 1. The van der Waals surface area contributed by atoms with Gasteiger partial charge in [0.2, 0.25) is 5.75 Å². The third kappa shape index (κ3) is 3.75. The summed E-state index contributed by atoms with van der Waals surface area (Å²) < 4.78 is 15.8. The zero-order valence-corrected chi connectivity index (χ0v) is 16.8. The molecule has 144 valence electrons. The summed E-state index contributed by atoms with van der Waals surface area (Å²) in [7, 11) is 4.47. The van der Waals surface area contributed by atoms with E-state index < -0.39 is 0 Å². The lowest BCUT2D eigenvalue weighted by molar-refractivity contribution is 0.0915. The Hall–Kier alpha value is -2.61. The van der Waals surface area contributed by atoms with Gasteiger partial charge in [-0.1, -0.05) is 25.2 Å². The summed E-state index contributed by atoms with van der Waals surface area (Å²) in [6.07, 6.45) is 1.20. The van der Waals surface area contributed by atoms with Gasteiger partial charge in [-0.25, -0.2) is 4.98 Å². The van der Waals surface area contributed by atoms with Crippen LogP contribution in [0.4, 0.5) is 5.13 Å². The monoisotopic (exact) mass is 390 g/mol. The molecule has 3 rings (SSSR count). The summed E-state index contributed by atoms with van der Waals surface area (Å²) in [6.45, 7) is 4.09. The van der Waals surface area contributed by atoms with Gasteiger partial charge >= 0.3 is 0 Å². The van der Waals surface area contributed by atoms with E-state index in [-0.39, 0.29) is 17.1 Å². The van der Waals surface area contributed by atoms with Crippen LogP contribution in [-0.4, -0.2) is 38.0 Å². The molecule has 0 spiro atoms. The lowest BCUT2D eigenvalue weighted by Crippen LogP contribution is -2.26. The highest BCUT2D eigenvalue weighted by Gasteiger charge is 2.34. The van der Waals surface area contributed by atoms with E-state index >= 15 is 0 Å². The van der Waals surface area contributed by atoms with Crippen LogP contribution in [0.2, 0.25) is 0 Å². The highest BCUT2D eigenvalue weighted by Crippen LogP contribution is 2.40. The molecule has 0 radical (unpaired) electrons. The summed E-state index contributed by atoms with van der Waals surface area (Å²) in [5.41, 5.74) is 0.974. The lowest BCUT2D eigenvalue weighted by atomic mass is 9.78. The molecule has 1 aliphatic rings. The fraction of sp³-hybridized carbons (Fsp3) is 0.421. The van der Waals surface area contributed by atoms with E-state index in [1.165, 1.54) is 32.7 Å². The Labute approximate surface area is 161 Å². The number of methoxy groups -OCH3 is 3. The number of Topliss-reactive ketones (excluding diaryl/α,β-unsaturated/α-hetero) is 1. The average Bonchev–Trinajstić information content (AvgIpc) is 3.01. The molecule has 0 unspecified atom stereocenters. The third-order valence-corrected chi connectivity index (χ3v) is 5.44. The van der Waals surface area contributed by atoms with Crippen LogP contribution in [0.5, 0.6) is 17.2 Å². The number of hydrogen-bond acceptors (Lipinski definition) is 7. The van der Waals surface area contributed by atoms with Gasteiger partial charge in [0.25, 0.3) is 5.91 Å². The van der Waals surface area contributed by atoms with Crippen LogP contribution in [0, 0.1) is 5.41 Å². The number of carbonyl (C=O) groups is 2. The molecule has 0 saturated heterocycles. The molecular weight excluding hydrogens is 368 g/mol. The van der Waals surface area contributed by atoms with Crippen LogP contribution in [-0.2, 0) is 6.42 Å². The summed E-state index contributed by atoms with van der Waals surface area (Å²) in [5.74, 6) is 0.892. The molecule has 1 amide bonds. The number of fused-ring (bicyclic) bond motifs is 1. The minimum atomic E-state index is -0.368. The zero-order chi connectivity index (χ0) is 19.8. The van der Waals surface area contributed by atoms with Gasteiger partial charge in [0.05, 0.1) is 31.9 Å². The number of benzene rings is 1. The number of carbonyl (C=O) groups excluding carboxylic acids is 2. The van der Waals surface area contributed by atoms with Crippen molar-refractivity contribution in [1.82, 2.24) is 4.98 Å². The maximum absolute atomic E-state index is 12.7. The number of thiazole rings is 1. The van der Waals surface area contributed by atoms with E-state index in [0.717, 1.165) is 5.69 Å². The fourth-order valence-electron chi connectivity index (χ4n) is 3.16. The van der Waals surface area contributed by atoms with Crippen LogP contribution in [0.3, 0.4) is 0 Å². The molecule has 8 heteroatoms. The van der Waals surface area contributed by atoms with Gasteiger partial charge in [-0.15, -0.1) is 0 Å². The number of aromatic nitrogens is 1. The van der Waals surface area contributed by atoms with Crippen LogP contribution in [0.1, 0.15) is 46.0 Å². The van der Waals surface area contributed by atoms with Gasteiger partial charge in [0.15, 0.2) is 22.4 Å². The van der Waals surface area contributed by atoms with Crippen LogP contribution < -0.4 is 19.5 Å².